The van der Waals surface area contributed by atoms with Crippen molar-refractivity contribution in [3.05, 3.63) is 24.3 Å². The van der Waals surface area contributed by atoms with Crippen LogP contribution >= 0.6 is 0 Å². The van der Waals surface area contributed by atoms with Crippen LogP contribution in [-0.2, 0) is 0 Å². The fourth-order valence-electron chi connectivity index (χ4n) is 0.496. The third-order valence-electron chi connectivity index (χ3n) is 0.936. The Morgan fingerprint density at radius 2 is 1.62 bits per heavy atom. The number of hydrogen-bond acceptors (Lipinski definition) is 1. The summed E-state index contributed by atoms with van der Waals surface area (Å²) in [6.07, 6.45) is 0. The molecule has 0 bridgehead atoms. The van der Waals surface area contributed by atoms with Gasteiger partial charge < -0.3 is 0 Å². The summed E-state index contributed by atoms with van der Waals surface area (Å²) in [5.41, 5.74) is 6.29. The Hall–Kier alpha value is -0.181. The Kier molecular flexibility index (Phi) is 1.78. The molecule has 0 spiro atoms. The molecule has 1 rings (SSSR count). The zero-order chi connectivity index (χ0) is 5.98. The second-order valence-corrected chi connectivity index (χ2v) is 3.57. The van der Waals surface area contributed by atoms with Crippen LogP contribution in [0.1, 0.15) is 0 Å². The van der Waals surface area contributed by atoms with Gasteiger partial charge in [0, 0.05) is 0 Å². The second-order valence-electron chi connectivity index (χ2n) is 1.67. The van der Waals surface area contributed by atoms with Gasteiger partial charge in [-0.3, -0.25) is 0 Å². The first-order valence-electron chi connectivity index (χ1n) is 2.40. The van der Waals surface area contributed by atoms with Gasteiger partial charge in [-0.2, -0.15) is 0 Å². The van der Waals surface area contributed by atoms with Crippen molar-refractivity contribution >= 4 is 31.8 Å². The van der Waals surface area contributed by atoms with Gasteiger partial charge in [-0.05, 0) is 0 Å². The summed E-state index contributed by atoms with van der Waals surface area (Å²) in [7, 11) is 0. The van der Waals surface area contributed by atoms with E-state index in [0.29, 0.717) is 0 Å². The number of benzene rings is 1. The number of rotatable bonds is 0. The van der Waals surface area contributed by atoms with Gasteiger partial charge in [-0.25, -0.2) is 0 Å². The standard InChI is InChI=1S/C6H6N.Sn.H/c7-6-4-2-1-3-5-6;;/h2-5H,7H2;;. The molecule has 0 saturated heterocycles. The predicted octanol–water partition coefficient (Wildman–Crippen LogP) is -0.205. The molecule has 2 radical (unpaired) electrons. The van der Waals surface area contributed by atoms with E-state index in [1.165, 1.54) is 26.1 Å². The minimum atomic E-state index is 0.850. The van der Waals surface area contributed by atoms with Crippen LogP contribution in [-0.4, -0.2) is 22.5 Å². The molecule has 2 N–H and O–H groups in total. The molecule has 0 aliphatic rings. The van der Waals surface area contributed by atoms with Gasteiger partial charge >= 0.3 is 61.8 Å². The van der Waals surface area contributed by atoms with Crippen LogP contribution in [0.25, 0.3) is 0 Å². The van der Waals surface area contributed by atoms with Crippen LogP contribution in [0.2, 0.25) is 0 Å². The first-order valence-corrected chi connectivity index (χ1v) is 4.05. The molecule has 0 fully saturated rings. The van der Waals surface area contributed by atoms with E-state index < -0.39 is 0 Å². The van der Waals surface area contributed by atoms with Crippen molar-refractivity contribution < 1.29 is 0 Å². The Bertz CT molecular complexity index is 147. The van der Waals surface area contributed by atoms with Crippen LogP contribution in [0.15, 0.2) is 24.3 Å². The average Bonchev–Trinajstić information content (AvgIpc) is 1.77. The van der Waals surface area contributed by atoms with Crippen molar-refractivity contribution in [2.45, 2.75) is 0 Å². The van der Waals surface area contributed by atoms with Crippen molar-refractivity contribution in [1.82, 2.24) is 0 Å². The van der Waals surface area contributed by atoms with Crippen molar-refractivity contribution in [3.63, 3.8) is 0 Å². The monoisotopic (exact) mass is 213 g/mol. The molecule has 0 amide bonds. The maximum absolute atomic E-state index is 5.44. The number of nitrogens with two attached hydrogens (primary N) is 1. The summed E-state index contributed by atoms with van der Waals surface area (Å²) in [5, 5.41) is 0. The summed E-state index contributed by atoms with van der Waals surface area (Å²) < 4.78 is 1.38. The number of anilines is 1. The minimum absolute atomic E-state index is 0.850. The van der Waals surface area contributed by atoms with Gasteiger partial charge in [0.1, 0.15) is 0 Å². The molecule has 40 valence electrons. The van der Waals surface area contributed by atoms with E-state index in [1.807, 2.05) is 12.1 Å². The topological polar surface area (TPSA) is 26.0 Å². The normalized spacial score (nSPS) is 9.12. The van der Waals surface area contributed by atoms with E-state index in [4.69, 9.17) is 5.73 Å². The summed E-state index contributed by atoms with van der Waals surface area (Å²) >= 11 is 1.18. The molecular weight excluding hydrogens is 205 g/mol. The summed E-state index contributed by atoms with van der Waals surface area (Å²) in [6, 6.07) is 7.97. The van der Waals surface area contributed by atoms with Crippen LogP contribution in [0.5, 0.6) is 0 Å². The molecule has 1 nitrogen and oxygen atoms in total. The van der Waals surface area contributed by atoms with E-state index in [-0.39, 0.29) is 0 Å². The third kappa shape index (κ3) is 1.40. The zero-order valence-electron chi connectivity index (χ0n) is 4.46. The molecule has 0 aliphatic carbocycles. The Morgan fingerprint density at radius 1 is 1.12 bits per heavy atom. The molecule has 8 heavy (non-hydrogen) atoms. The predicted molar refractivity (Wildman–Crippen MR) is 37.6 cm³/mol. The SMILES string of the molecule is Nc1cc[c]([SnH])cc1. The van der Waals surface area contributed by atoms with Crippen molar-refractivity contribution in [3.8, 4) is 0 Å². The fraction of sp³-hybridized carbons (Fsp3) is 0. The summed E-state index contributed by atoms with van der Waals surface area (Å²) in [4.78, 5) is 0. The van der Waals surface area contributed by atoms with Crippen LogP contribution in [0, 0.1) is 0 Å². The van der Waals surface area contributed by atoms with Crippen LogP contribution < -0.4 is 9.31 Å². The van der Waals surface area contributed by atoms with Crippen LogP contribution in [0.3, 0.4) is 0 Å². The quantitative estimate of drug-likeness (QED) is 0.467. The van der Waals surface area contributed by atoms with Gasteiger partial charge in [-0.15, -0.1) is 0 Å². The molecule has 0 heterocycles. The van der Waals surface area contributed by atoms with Crippen molar-refractivity contribution in [2.75, 3.05) is 5.73 Å². The molecule has 1 aromatic carbocycles. The molecule has 2 heteroatoms. The van der Waals surface area contributed by atoms with E-state index in [1.54, 1.807) is 0 Å². The number of nitrogen functional groups attached to an aromatic ring is 1. The fourth-order valence-corrected chi connectivity index (χ4v) is 1.05. The Balaban J connectivity index is 3.03. The maximum atomic E-state index is 5.44. The van der Waals surface area contributed by atoms with Gasteiger partial charge in [0.15, 0.2) is 0 Å². The van der Waals surface area contributed by atoms with Gasteiger partial charge in [-0.1, -0.05) is 0 Å². The molecule has 0 unspecified atom stereocenters. The molecule has 1 aromatic rings. The van der Waals surface area contributed by atoms with E-state index in [0.717, 1.165) is 5.69 Å². The van der Waals surface area contributed by atoms with E-state index >= 15 is 0 Å². The molecule has 0 aromatic heterocycles. The number of hydrogen-bond donors (Lipinski definition) is 1. The second kappa shape index (κ2) is 2.39. The van der Waals surface area contributed by atoms with Crippen molar-refractivity contribution in [1.29, 1.82) is 0 Å². The Morgan fingerprint density at radius 3 is 2.00 bits per heavy atom. The van der Waals surface area contributed by atoms with E-state index in [2.05, 4.69) is 12.1 Å². The first kappa shape index (κ1) is 5.95. The molecular formula is C6H7NSn. The van der Waals surface area contributed by atoms with Crippen LogP contribution in [0.4, 0.5) is 5.69 Å². The van der Waals surface area contributed by atoms with Gasteiger partial charge in [0.25, 0.3) is 0 Å². The Labute approximate surface area is 62.0 Å². The van der Waals surface area contributed by atoms with Crippen molar-refractivity contribution in [2.24, 2.45) is 0 Å². The molecule has 0 atom stereocenters. The summed E-state index contributed by atoms with van der Waals surface area (Å²) in [5.74, 6) is 0. The zero-order valence-corrected chi connectivity index (χ0v) is 7.76. The first-order chi connectivity index (χ1) is 3.79. The summed E-state index contributed by atoms with van der Waals surface area (Å²) in [6.45, 7) is 0. The molecule has 0 saturated carbocycles. The average molecular weight is 212 g/mol. The van der Waals surface area contributed by atoms with E-state index in [9.17, 15) is 0 Å². The molecule has 0 aliphatic heterocycles. The van der Waals surface area contributed by atoms with Gasteiger partial charge in [0.2, 0.25) is 0 Å². The third-order valence-corrected chi connectivity index (χ3v) is 2.04. The van der Waals surface area contributed by atoms with Gasteiger partial charge in [0.05, 0.1) is 0 Å².